The Kier molecular flexibility index (Phi) is 3.84. The number of methoxy groups -OCH3 is 1. The van der Waals surface area contributed by atoms with Gasteiger partial charge >= 0.3 is 85.5 Å². The summed E-state index contributed by atoms with van der Waals surface area (Å²) in [5.74, 6) is 0.813. The van der Waals surface area contributed by atoms with Crippen LogP contribution in [0.4, 0.5) is 0 Å². The number of hydrogen-bond donors (Lipinski definition) is 0. The molecule has 0 saturated carbocycles. The van der Waals surface area contributed by atoms with Gasteiger partial charge in [0.05, 0.1) is 0 Å². The Labute approximate surface area is 85.9 Å². The van der Waals surface area contributed by atoms with Gasteiger partial charge in [0.25, 0.3) is 0 Å². The maximum atomic E-state index is 10.9. The van der Waals surface area contributed by atoms with Crippen molar-refractivity contribution in [1.29, 1.82) is 0 Å². The molecule has 0 aromatic heterocycles. The maximum absolute atomic E-state index is 10.9. The predicted molar refractivity (Wildman–Crippen MR) is 51.5 cm³/mol. The fourth-order valence-corrected chi connectivity index (χ4v) is 1.78. The molecule has 0 bridgehead atoms. The molecule has 0 N–H and O–H groups in total. The quantitative estimate of drug-likeness (QED) is 0.613. The zero-order valence-electron chi connectivity index (χ0n) is 7.34. The van der Waals surface area contributed by atoms with Crippen LogP contribution in [0.1, 0.15) is 0 Å². The van der Waals surface area contributed by atoms with E-state index >= 15 is 0 Å². The summed E-state index contributed by atoms with van der Waals surface area (Å²) in [6.07, 6.45) is 0. The summed E-state index contributed by atoms with van der Waals surface area (Å²) in [4.78, 5) is 0. The van der Waals surface area contributed by atoms with E-state index in [2.05, 4.69) is 7.43 Å². The zero-order chi connectivity index (χ0) is 10.6. The van der Waals surface area contributed by atoms with Crippen LogP contribution in [0, 0.1) is 0 Å². The molecule has 0 aliphatic carbocycles. The van der Waals surface area contributed by atoms with Crippen molar-refractivity contribution in [3.8, 4) is 11.5 Å². The van der Waals surface area contributed by atoms with Crippen LogP contribution in [0.2, 0.25) is 0 Å². The van der Waals surface area contributed by atoms with E-state index in [1.54, 1.807) is 21.6 Å². The first-order valence-corrected chi connectivity index (χ1v) is 6.81. The SMILES string of the molecule is COc1ccc(O[Se](=O)(=O)OP)cc1. The summed E-state index contributed by atoms with van der Waals surface area (Å²) in [7, 11) is 3.15. The molecule has 7 heteroatoms. The van der Waals surface area contributed by atoms with Crippen LogP contribution in [-0.2, 0) is 11.3 Å². The van der Waals surface area contributed by atoms with Crippen LogP contribution in [-0.4, -0.2) is 20.5 Å². The van der Waals surface area contributed by atoms with Crippen LogP contribution in [0.15, 0.2) is 24.3 Å². The number of rotatable bonds is 4. The average Bonchev–Trinajstić information content (AvgIpc) is 2.19. The Balaban J connectivity index is 2.79. The molecule has 5 nitrogen and oxygen atoms in total. The van der Waals surface area contributed by atoms with Gasteiger partial charge in [-0.25, -0.2) is 0 Å². The molecule has 0 heterocycles. The van der Waals surface area contributed by atoms with Gasteiger partial charge in [0.15, 0.2) is 0 Å². The fraction of sp³-hybridized carbons (Fsp3) is 0.143. The predicted octanol–water partition coefficient (Wildman–Crippen LogP) is 1.18. The van der Waals surface area contributed by atoms with Gasteiger partial charge in [-0.2, -0.15) is 0 Å². The molecule has 0 aliphatic heterocycles. The minimum absolute atomic E-state index is 0.193. The summed E-state index contributed by atoms with van der Waals surface area (Å²) < 4.78 is 35.4. The van der Waals surface area contributed by atoms with Crippen LogP contribution in [0.5, 0.6) is 11.5 Å². The van der Waals surface area contributed by atoms with E-state index in [1.165, 1.54) is 19.2 Å². The van der Waals surface area contributed by atoms with Gasteiger partial charge in [0.2, 0.25) is 0 Å². The monoisotopic (exact) mass is 284 g/mol. The van der Waals surface area contributed by atoms with E-state index in [0.717, 1.165) is 0 Å². The van der Waals surface area contributed by atoms with Crippen molar-refractivity contribution in [3.63, 3.8) is 0 Å². The molecule has 1 rings (SSSR count). The van der Waals surface area contributed by atoms with Crippen molar-refractivity contribution in [1.82, 2.24) is 0 Å². The molecule has 78 valence electrons. The molecule has 1 unspecified atom stereocenters. The Hall–Kier alpha value is -0.671. The van der Waals surface area contributed by atoms with Gasteiger partial charge in [-0.3, -0.25) is 0 Å². The van der Waals surface area contributed by atoms with Crippen LogP contribution in [0.25, 0.3) is 0 Å². The van der Waals surface area contributed by atoms with E-state index in [9.17, 15) is 7.67 Å². The molecule has 1 aromatic rings. The minimum atomic E-state index is -4.70. The van der Waals surface area contributed by atoms with Crippen LogP contribution < -0.4 is 8.56 Å². The third-order valence-electron chi connectivity index (χ3n) is 1.38. The first-order valence-electron chi connectivity index (χ1n) is 3.54. The Morgan fingerprint density at radius 3 is 2.07 bits per heavy atom. The van der Waals surface area contributed by atoms with Crippen LogP contribution >= 0.6 is 9.47 Å². The Morgan fingerprint density at radius 2 is 1.64 bits per heavy atom. The van der Waals surface area contributed by atoms with Crippen molar-refractivity contribution in [2.24, 2.45) is 0 Å². The van der Waals surface area contributed by atoms with Crippen LogP contribution in [0.3, 0.4) is 0 Å². The van der Waals surface area contributed by atoms with E-state index in [0.29, 0.717) is 5.75 Å². The second-order valence-electron chi connectivity index (χ2n) is 2.26. The topological polar surface area (TPSA) is 61.8 Å². The molecule has 0 radical (unpaired) electrons. The molecule has 0 aliphatic rings. The fourth-order valence-electron chi connectivity index (χ4n) is 0.769. The molecular weight excluding hydrogens is 274 g/mol. The van der Waals surface area contributed by atoms with Gasteiger partial charge < -0.3 is 0 Å². The van der Waals surface area contributed by atoms with E-state index in [1.807, 2.05) is 0 Å². The molecule has 14 heavy (non-hydrogen) atoms. The van der Waals surface area contributed by atoms with E-state index in [4.69, 9.17) is 4.74 Å². The van der Waals surface area contributed by atoms with E-state index < -0.39 is 13.4 Å². The second kappa shape index (κ2) is 4.71. The number of ether oxygens (including phenoxy) is 1. The van der Waals surface area contributed by atoms with Crippen molar-refractivity contribution in [2.75, 3.05) is 7.11 Å². The Bertz CT molecular complexity index is 385. The zero-order valence-corrected chi connectivity index (χ0v) is 10.2. The molecular formula is C7H9O5PSe. The molecule has 1 aromatic carbocycles. The molecule has 0 saturated heterocycles. The van der Waals surface area contributed by atoms with Crippen molar-refractivity contribution in [2.45, 2.75) is 0 Å². The Morgan fingerprint density at radius 1 is 1.14 bits per heavy atom. The summed E-state index contributed by atoms with van der Waals surface area (Å²) in [5.41, 5.74) is 0. The van der Waals surface area contributed by atoms with Crippen molar-refractivity contribution >= 4 is 22.8 Å². The number of benzene rings is 1. The first kappa shape index (κ1) is 11.4. The summed E-state index contributed by atoms with van der Waals surface area (Å²) in [5, 5.41) is 0. The third kappa shape index (κ3) is 3.24. The standard InChI is InChI=1S/C7H9O5PSe/c1-10-6-2-4-7(5-3-6)11-14(8,9)12-13/h2-5H,13H2,1H3. The van der Waals surface area contributed by atoms with Gasteiger partial charge in [-0.05, 0) is 0 Å². The normalized spacial score (nSPS) is 11.0. The molecule has 1 atom stereocenters. The molecule has 0 fully saturated rings. The van der Waals surface area contributed by atoms with Gasteiger partial charge in [-0.1, -0.05) is 0 Å². The second-order valence-corrected chi connectivity index (χ2v) is 5.73. The summed E-state index contributed by atoms with van der Waals surface area (Å²) >= 11 is -4.70. The van der Waals surface area contributed by atoms with E-state index in [-0.39, 0.29) is 5.75 Å². The van der Waals surface area contributed by atoms with Gasteiger partial charge in [0.1, 0.15) is 0 Å². The molecule has 0 amide bonds. The average molecular weight is 283 g/mol. The number of hydrogen-bond acceptors (Lipinski definition) is 5. The summed E-state index contributed by atoms with van der Waals surface area (Å²) in [6.45, 7) is 0. The third-order valence-corrected chi connectivity index (χ3v) is 3.93. The van der Waals surface area contributed by atoms with Crippen molar-refractivity contribution in [3.05, 3.63) is 24.3 Å². The van der Waals surface area contributed by atoms with Gasteiger partial charge in [-0.15, -0.1) is 0 Å². The van der Waals surface area contributed by atoms with Gasteiger partial charge in [0, 0.05) is 0 Å². The molecule has 0 spiro atoms. The van der Waals surface area contributed by atoms with Crippen molar-refractivity contribution < 1.29 is 19.8 Å². The first-order chi connectivity index (χ1) is 6.57. The summed E-state index contributed by atoms with van der Waals surface area (Å²) in [6, 6.07) is 6.13.